The molecule has 0 spiro atoms. The zero-order valence-electron chi connectivity index (χ0n) is 15.4. The highest BCUT2D eigenvalue weighted by Gasteiger charge is 2.41. The fourth-order valence-corrected chi connectivity index (χ4v) is 3.60. The average molecular weight is 408 g/mol. The van der Waals surface area contributed by atoms with Crippen LogP contribution in [0, 0.1) is 12.7 Å². The number of halogens is 4. The predicted molar refractivity (Wildman–Crippen MR) is 94.5 cm³/mol. The van der Waals surface area contributed by atoms with Gasteiger partial charge in [-0.3, -0.25) is 14.7 Å². The molecule has 0 radical (unpaired) electrons. The summed E-state index contributed by atoms with van der Waals surface area (Å²) in [6.45, 7) is 3.82. The molecule has 1 aliphatic rings. The summed E-state index contributed by atoms with van der Waals surface area (Å²) in [5.74, 6) is 0.0852. The lowest BCUT2D eigenvalue weighted by Crippen LogP contribution is -2.45. The molecule has 11 heteroatoms. The van der Waals surface area contributed by atoms with E-state index in [1.165, 1.54) is 6.07 Å². The van der Waals surface area contributed by atoms with Crippen LogP contribution in [0.1, 0.15) is 29.7 Å². The lowest BCUT2D eigenvalue weighted by Gasteiger charge is -2.35. The minimum atomic E-state index is -4.64. The van der Waals surface area contributed by atoms with Crippen LogP contribution in [0.2, 0.25) is 0 Å². The number of H-pyrrole nitrogens is 1. The van der Waals surface area contributed by atoms with Crippen molar-refractivity contribution in [3.05, 3.63) is 63.2 Å². The predicted octanol–water partition coefficient (Wildman–Crippen LogP) is 2.36. The third kappa shape index (κ3) is 3.20. The van der Waals surface area contributed by atoms with Crippen molar-refractivity contribution in [1.29, 1.82) is 0 Å². The number of rotatable bonds is 2. The Bertz CT molecular complexity index is 1150. The number of alkyl halides is 3. The monoisotopic (exact) mass is 408 g/mol. The molecule has 1 aromatic carbocycles. The number of aromatic nitrogens is 5. The Morgan fingerprint density at radius 2 is 1.97 bits per heavy atom. The second-order valence-corrected chi connectivity index (χ2v) is 7.10. The van der Waals surface area contributed by atoms with Crippen molar-refractivity contribution in [2.75, 3.05) is 6.54 Å². The normalized spacial score (nSPS) is 19.2. The number of aryl methyl sites for hydroxylation is 1. The SMILES string of the molecule is Cc1nc(-c2nnc3n2CNCC3(C)c2ccc(C(F)(F)F)cc2F)cc(=O)[nH]1. The molecule has 1 atom stereocenters. The molecule has 0 aliphatic carbocycles. The number of fused-ring (bicyclic) bond motifs is 1. The van der Waals surface area contributed by atoms with Crippen LogP contribution in [0.5, 0.6) is 0 Å². The number of hydrogen-bond acceptors (Lipinski definition) is 5. The van der Waals surface area contributed by atoms with Gasteiger partial charge in [-0.05, 0) is 26.0 Å². The number of benzene rings is 1. The van der Waals surface area contributed by atoms with Crippen molar-refractivity contribution < 1.29 is 17.6 Å². The third-order valence-corrected chi connectivity index (χ3v) is 4.97. The number of nitrogens with one attached hydrogen (secondary N) is 2. The van der Waals surface area contributed by atoms with Gasteiger partial charge in [0.1, 0.15) is 23.2 Å². The maximum Gasteiger partial charge on any atom is 0.416 e. The molecule has 1 unspecified atom stereocenters. The Kier molecular flexibility index (Phi) is 4.30. The summed E-state index contributed by atoms with van der Waals surface area (Å²) < 4.78 is 55.0. The lowest BCUT2D eigenvalue weighted by molar-refractivity contribution is -0.137. The van der Waals surface area contributed by atoms with E-state index in [0.29, 0.717) is 29.2 Å². The van der Waals surface area contributed by atoms with Crippen LogP contribution in [-0.2, 0) is 18.3 Å². The van der Waals surface area contributed by atoms with Gasteiger partial charge in [0.05, 0.1) is 17.6 Å². The smallest absolute Gasteiger partial charge is 0.311 e. The molecule has 152 valence electrons. The Labute approximate surface area is 161 Å². The summed E-state index contributed by atoms with van der Waals surface area (Å²) in [4.78, 5) is 18.6. The largest absolute Gasteiger partial charge is 0.416 e. The van der Waals surface area contributed by atoms with Crippen LogP contribution in [0.3, 0.4) is 0 Å². The molecular formula is C18H16F4N6O. The third-order valence-electron chi connectivity index (χ3n) is 4.97. The van der Waals surface area contributed by atoms with E-state index >= 15 is 0 Å². The van der Waals surface area contributed by atoms with Gasteiger partial charge in [-0.15, -0.1) is 10.2 Å². The van der Waals surface area contributed by atoms with Gasteiger partial charge in [0, 0.05) is 18.2 Å². The maximum atomic E-state index is 14.7. The summed E-state index contributed by atoms with van der Waals surface area (Å²) >= 11 is 0. The minimum absolute atomic E-state index is 0.0629. The van der Waals surface area contributed by atoms with Gasteiger partial charge >= 0.3 is 6.18 Å². The van der Waals surface area contributed by atoms with Crippen molar-refractivity contribution in [2.24, 2.45) is 0 Å². The Morgan fingerprint density at radius 1 is 1.21 bits per heavy atom. The van der Waals surface area contributed by atoms with Crippen LogP contribution in [0.4, 0.5) is 17.6 Å². The molecule has 3 aromatic rings. The quantitative estimate of drug-likeness (QED) is 0.636. The van der Waals surface area contributed by atoms with E-state index in [0.717, 1.165) is 12.1 Å². The molecule has 0 fully saturated rings. The second-order valence-electron chi connectivity index (χ2n) is 7.10. The number of nitrogens with zero attached hydrogens (tertiary/aromatic N) is 4. The Hall–Kier alpha value is -3.08. The van der Waals surface area contributed by atoms with E-state index in [2.05, 4.69) is 25.5 Å². The van der Waals surface area contributed by atoms with Crippen LogP contribution < -0.4 is 10.9 Å². The van der Waals surface area contributed by atoms with E-state index in [1.54, 1.807) is 18.4 Å². The molecule has 1 aliphatic heterocycles. The zero-order chi connectivity index (χ0) is 21.0. The molecule has 29 heavy (non-hydrogen) atoms. The number of hydrogen-bond donors (Lipinski definition) is 2. The molecule has 0 saturated heterocycles. The average Bonchev–Trinajstić information content (AvgIpc) is 3.05. The van der Waals surface area contributed by atoms with Crippen LogP contribution in [0.15, 0.2) is 29.1 Å². The van der Waals surface area contributed by atoms with Crippen LogP contribution in [0.25, 0.3) is 11.5 Å². The Balaban J connectivity index is 1.84. The van der Waals surface area contributed by atoms with Crippen LogP contribution >= 0.6 is 0 Å². The molecule has 0 saturated carbocycles. The van der Waals surface area contributed by atoms with Gasteiger partial charge in [-0.1, -0.05) is 6.07 Å². The molecule has 3 heterocycles. The fraction of sp³-hybridized carbons (Fsp3) is 0.333. The highest BCUT2D eigenvalue weighted by molar-refractivity contribution is 5.50. The van der Waals surface area contributed by atoms with Gasteiger partial charge in [0.15, 0.2) is 5.82 Å². The molecule has 0 bridgehead atoms. The van der Waals surface area contributed by atoms with Crippen molar-refractivity contribution in [3.63, 3.8) is 0 Å². The fourth-order valence-electron chi connectivity index (χ4n) is 3.60. The molecule has 4 rings (SSSR count). The van der Waals surface area contributed by atoms with E-state index < -0.39 is 23.0 Å². The van der Waals surface area contributed by atoms with Gasteiger partial charge in [-0.2, -0.15) is 13.2 Å². The van der Waals surface area contributed by atoms with Gasteiger partial charge in [0.25, 0.3) is 5.56 Å². The van der Waals surface area contributed by atoms with Crippen LogP contribution in [-0.4, -0.2) is 31.3 Å². The van der Waals surface area contributed by atoms with Gasteiger partial charge in [0.2, 0.25) is 0 Å². The molecule has 2 aromatic heterocycles. The van der Waals surface area contributed by atoms with Gasteiger partial charge < -0.3 is 4.98 Å². The molecule has 0 amide bonds. The summed E-state index contributed by atoms with van der Waals surface area (Å²) in [6.07, 6.45) is -4.64. The summed E-state index contributed by atoms with van der Waals surface area (Å²) in [6, 6.07) is 3.73. The van der Waals surface area contributed by atoms with E-state index in [4.69, 9.17) is 0 Å². The van der Waals surface area contributed by atoms with Crippen molar-refractivity contribution in [3.8, 4) is 11.5 Å². The van der Waals surface area contributed by atoms with Gasteiger partial charge in [-0.25, -0.2) is 9.37 Å². The first kappa shape index (κ1) is 19.2. The topological polar surface area (TPSA) is 88.5 Å². The highest BCUT2D eigenvalue weighted by Crippen LogP contribution is 2.38. The Morgan fingerprint density at radius 3 is 2.62 bits per heavy atom. The number of aromatic amines is 1. The lowest BCUT2D eigenvalue weighted by atomic mass is 9.79. The van der Waals surface area contributed by atoms with Crippen molar-refractivity contribution in [1.82, 2.24) is 30.0 Å². The standard InChI is InChI=1S/C18H16F4N6O/c1-9-24-13(6-14(29)25-9)15-26-27-16-17(2,7-23-8-28(15)16)11-4-3-10(5-12(11)19)18(20,21)22/h3-6,23H,7-8H2,1-2H3,(H,24,25,29). The van der Waals surface area contributed by atoms with E-state index in [-0.39, 0.29) is 24.3 Å². The highest BCUT2D eigenvalue weighted by atomic mass is 19.4. The summed E-state index contributed by atoms with van der Waals surface area (Å²) in [5.41, 5.74) is -2.13. The first-order chi connectivity index (χ1) is 13.6. The zero-order valence-corrected chi connectivity index (χ0v) is 15.4. The second kappa shape index (κ2) is 6.48. The van der Waals surface area contributed by atoms with E-state index in [1.807, 2.05) is 0 Å². The van der Waals surface area contributed by atoms with Crippen molar-refractivity contribution >= 4 is 0 Å². The van der Waals surface area contributed by atoms with E-state index in [9.17, 15) is 22.4 Å². The maximum absolute atomic E-state index is 14.7. The van der Waals surface area contributed by atoms with Crippen molar-refractivity contribution in [2.45, 2.75) is 32.1 Å². The molecule has 2 N–H and O–H groups in total. The summed E-state index contributed by atoms with van der Waals surface area (Å²) in [5, 5.41) is 11.4. The summed E-state index contributed by atoms with van der Waals surface area (Å²) in [7, 11) is 0. The minimum Gasteiger partial charge on any atom is -0.311 e. The first-order valence-corrected chi connectivity index (χ1v) is 8.69. The first-order valence-electron chi connectivity index (χ1n) is 8.69. The molecule has 7 nitrogen and oxygen atoms in total. The molecular weight excluding hydrogens is 392 g/mol.